The number of aromatic amines is 1. The number of benzene rings is 2. The van der Waals surface area contributed by atoms with Gasteiger partial charge in [-0.1, -0.05) is 37.3 Å². The molecular weight excluding hydrogens is 380 g/mol. The van der Waals surface area contributed by atoms with Crippen LogP contribution < -0.4 is 15.9 Å². The number of carboxylic acids is 1. The molecule has 0 aliphatic carbocycles. The monoisotopic (exact) mass is 408 g/mol. The molecule has 7 nitrogen and oxygen atoms in total. The van der Waals surface area contributed by atoms with Crippen LogP contribution in [-0.2, 0) is 11.2 Å². The van der Waals surface area contributed by atoms with Gasteiger partial charge < -0.3 is 20.6 Å². The van der Waals surface area contributed by atoms with Crippen LogP contribution in [0.15, 0.2) is 54.7 Å². The van der Waals surface area contributed by atoms with Gasteiger partial charge in [-0.25, -0.2) is 10.4 Å². The summed E-state index contributed by atoms with van der Waals surface area (Å²) in [7, 11) is 1.65. The molecule has 5 N–H and O–H groups in total. The van der Waals surface area contributed by atoms with Crippen molar-refractivity contribution in [3.63, 3.8) is 0 Å². The quantitative estimate of drug-likeness (QED) is 0.321. The first-order chi connectivity index (χ1) is 14.5. The summed E-state index contributed by atoms with van der Waals surface area (Å²) in [5.74, 6) is 0.221. The summed E-state index contributed by atoms with van der Waals surface area (Å²) in [5.41, 5.74) is 12.9. The van der Waals surface area contributed by atoms with Gasteiger partial charge >= 0.3 is 5.97 Å². The van der Waals surface area contributed by atoms with Gasteiger partial charge in [0.2, 0.25) is 0 Å². The van der Waals surface area contributed by atoms with E-state index >= 15 is 0 Å². The topological polar surface area (TPSA) is 103 Å². The van der Waals surface area contributed by atoms with E-state index in [0.717, 1.165) is 22.2 Å². The molecule has 0 amide bonds. The number of nitrogens with zero attached hydrogens (tertiary/aromatic N) is 1. The lowest BCUT2D eigenvalue weighted by Gasteiger charge is -2.20. The lowest BCUT2D eigenvalue weighted by atomic mass is 9.96. The molecule has 5 atom stereocenters. The Morgan fingerprint density at radius 1 is 1.27 bits per heavy atom. The molecule has 3 aromatic rings. The van der Waals surface area contributed by atoms with E-state index in [1.165, 1.54) is 5.56 Å². The molecular formula is C23H28N4O3. The molecule has 0 spiro atoms. The molecule has 1 fully saturated rings. The van der Waals surface area contributed by atoms with Crippen LogP contribution in [0.25, 0.3) is 10.9 Å². The molecule has 4 rings (SSSR count). The van der Waals surface area contributed by atoms with Gasteiger partial charge in [-0.15, -0.1) is 0 Å². The normalized spacial score (nSPS) is 22.6. The Morgan fingerprint density at radius 3 is 2.70 bits per heavy atom. The maximum atomic E-state index is 11.7. The highest BCUT2D eigenvalue weighted by molar-refractivity contribution is 5.84. The van der Waals surface area contributed by atoms with Crippen LogP contribution in [0.2, 0.25) is 0 Å². The highest BCUT2D eigenvalue weighted by atomic mass is 16.5. The molecule has 0 saturated carbocycles. The number of carbonyl (C=O) groups is 1. The lowest BCUT2D eigenvalue weighted by molar-refractivity contribution is -0.137. The Balaban J connectivity index is 1.38. The Hall–Kier alpha value is -2.87. The molecule has 158 valence electrons. The van der Waals surface area contributed by atoms with E-state index in [9.17, 15) is 9.90 Å². The number of ether oxygens (including phenoxy) is 1. The number of aliphatic carboxylic acids is 1. The predicted octanol–water partition coefficient (Wildman–Crippen LogP) is 2.84. The van der Waals surface area contributed by atoms with E-state index < -0.39 is 12.0 Å². The molecule has 1 aliphatic heterocycles. The maximum absolute atomic E-state index is 11.7. The number of carboxylic acid groups (broad SMARTS) is 1. The van der Waals surface area contributed by atoms with Gasteiger partial charge in [-0.3, -0.25) is 4.79 Å². The van der Waals surface area contributed by atoms with Gasteiger partial charge in [0.05, 0.1) is 19.3 Å². The van der Waals surface area contributed by atoms with Crippen molar-refractivity contribution in [2.24, 2.45) is 5.73 Å². The smallest absolute Gasteiger partial charge is 0.324 e. The number of hydrogen-bond acceptors (Lipinski definition) is 5. The minimum atomic E-state index is -0.831. The van der Waals surface area contributed by atoms with Crippen molar-refractivity contribution in [2.45, 2.75) is 43.9 Å². The van der Waals surface area contributed by atoms with E-state index in [0.29, 0.717) is 12.8 Å². The summed E-state index contributed by atoms with van der Waals surface area (Å²) in [6.45, 7) is 2.11. The molecule has 1 aliphatic rings. The van der Waals surface area contributed by atoms with E-state index in [4.69, 9.17) is 10.5 Å². The number of methoxy groups -OCH3 is 1. The predicted molar refractivity (Wildman–Crippen MR) is 116 cm³/mol. The number of hydrazine groups is 1. The number of nitrogens with two attached hydrogens (primary N) is 1. The van der Waals surface area contributed by atoms with Crippen molar-refractivity contribution in [1.29, 1.82) is 0 Å². The summed E-state index contributed by atoms with van der Waals surface area (Å²) in [6, 6.07) is 15.3. The van der Waals surface area contributed by atoms with Crippen LogP contribution in [0.4, 0.5) is 0 Å². The first kappa shape index (κ1) is 20.4. The molecule has 2 aromatic carbocycles. The zero-order chi connectivity index (χ0) is 21.3. The standard InChI is InChI=1S/C23H28N4O3/c1-14(15-7-9-17(30-2)10-8-15)11-21(24)26-27-20(22(27)23(28)29)12-16-13-25-19-6-4-3-5-18(16)19/h3-10,13-14,20-22,25-26H,11-12,24H2,1-2H3,(H,28,29)/t14?,20-,21?,22-,27?/m0/s1. The van der Waals surface area contributed by atoms with Gasteiger partial charge in [0.15, 0.2) is 0 Å². The fraction of sp³-hybridized carbons (Fsp3) is 0.348. The zero-order valence-electron chi connectivity index (χ0n) is 17.2. The number of para-hydroxylation sites is 1. The third kappa shape index (κ3) is 4.18. The number of fused-ring (bicyclic) bond motifs is 1. The van der Waals surface area contributed by atoms with E-state index in [1.807, 2.05) is 48.7 Å². The highest BCUT2D eigenvalue weighted by Crippen LogP contribution is 2.32. The molecule has 0 radical (unpaired) electrons. The van der Waals surface area contributed by atoms with Crippen LogP contribution in [0.3, 0.4) is 0 Å². The van der Waals surface area contributed by atoms with Crippen molar-refractivity contribution in [1.82, 2.24) is 15.4 Å². The van der Waals surface area contributed by atoms with Gasteiger partial charge in [0.25, 0.3) is 0 Å². The Labute approximate surface area is 175 Å². The first-order valence-corrected chi connectivity index (χ1v) is 10.2. The summed E-state index contributed by atoms with van der Waals surface area (Å²) < 4.78 is 5.21. The van der Waals surface area contributed by atoms with Crippen molar-refractivity contribution in [3.8, 4) is 5.75 Å². The second-order valence-corrected chi connectivity index (χ2v) is 7.97. The Kier molecular flexibility index (Phi) is 5.76. The van der Waals surface area contributed by atoms with Crippen molar-refractivity contribution in [3.05, 3.63) is 65.9 Å². The van der Waals surface area contributed by atoms with Crippen LogP contribution in [0, 0.1) is 0 Å². The summed E-state index contributed by atoms with van der Waals surface area (Å²) in [5, 5.41) is 12.5. The average molecular weight is 409 g/mol. The van der Waals surface area contributed by atoms with Crippen LogP contribution in [0.1, 0.15) is 30.4 Å². The fourth-order valence-electron chi connectivity index (χ4n) is 4.17. The third-order valence-electron chi connectivity index (χ3n) is 5.90. The largest absolute Gasteiger partial charge is 0.497 e. The molecule has 1 aromatic heterocycles. The minimum absolute atomic E-state index is 0.121. The van der Waals surface area contributed by atoms with Gasteiger partial charge in [0.1, 0.15) is 11.8 Å². The van der Waals surface area contributed by atoms with Crippen LogP contribution >= 0.6 is 0 Å². The highest BCUT2D eigenvalue weighted by Gasteiger charge is 2.53. The number of aromatic nitrogens is 1. The molecule has 7 heteroatoms. The summed E-state index contributed by atoms with van der Waals surface area (Å²) in [6.07, 6.45) is 2.96. The third-order valence-corrected chi connectivity index (χ3v) is 5.90. The molecule has 0 bridgehead atoms. The van der Waals surface area contributed by atoms with Crippen molar-refractivity contribution < 1.29 is 14.6 Å². The Morgan fingerprint density at radius 2 is 2.00 bits per heavy atom. The number of rotatable bonds is 9. The van der Waals surface area contributed by atoms with E-state index in [-0.39, 0.29) is 18.1 Å². The van der Waals surface area contributed by atoms with Crippen molar-refractivity contribution >= 4 is 16.9 Å². The fourth-order valence-corrected chi connectivity index (χ4v) is 4.17. The second-order valence-electron chi connectivity index (χ2n) is 7.97. The lowest BCUT2D eigenvalue weighted by Crippen LogP contribution is -2.43. The van der Waals surface area contributed by atoms with Crippen molar-refractivity contribution in [2.75, 3.05) is 7.11 Å². The van der Waals surface area contributed by atoms with Gasteiger partial charge in [0, 0.05) is 17.1 Å². The summed E-state index contributed by atoms with van der Waals surface area (Å²) >= 11 is 0. The van der Waals surface area contributed by atoms with Crippen LogP contribution in [0.5, 0.6) is 5.75 Å². The number of nitrogens with one attached hydrogen (secondary N) is 2. The molecule has 3 unspecified atom stereocenters. The van der Waals surface area contributed by atoms with Gasteiger partial charge in [-0.2, -0.15) is 0 Å². The van der Waals surface area contributed by atoms with Crippen LogP contribution in [-0.4, -0.2) is 46.4 Å². The van der Waals surface area contributed by atoms with E-state index in [2.05, 4.69) is 23.4 Å². The first-order valence-electron chi connectivity index (χ1n) is 10.2. The van der Waals surface area contributed by atoms with E-state index in [1.54, 1.807) is 12.1 Å². The minimum Gasteiger partial charge on any atom is -0.497 e. The number of hydrogen-bond donors (Lipinski definition) is 4. The molecule has 1 saturated heterocycles. The van der Waals surface area contributed by atoms with Gasteiger partial charge in [-0.05, 0) is 48.1 Å². The summed E-state index contributed by atoms with van der Waals surface area (Å²) in [4.78, 5) is 15.0. The second kappa shape index (κ2) is 8.47. The molecule has 2 heterocycles. The molecule has 30 heavy (non-hydrogen) atoms. The SMILES string of the molecule is COc1ccc(C(C)CC(N)NN2[C@H](C(=O)O)[C@@H]2Cc2c[nH]c3ccccc23)cc1. The maximum Gasteiger partial charge on any atom is 0.324 e. The average Bonchev–Trinajstić information content (AvgIpc) is 3.25. The zero-order valence-corrected chi connectivity index (χ0v) is 17.2. The number of H-pyrrole nitrogens is 1. The Bertz CT molecular complexity index is 1020.